The van der Waals surface area contributed by atoms with Gasteiger partial charge in [-0.3, -0.25) is 4.79 Å². The lowest BCUT2D eigenvalue weighted by molar-refractivity contribution is -0.136. The first-order valence-electron chi connectivity index (χ1n) is 9.82. The number of hydrogen-bond donors (Lipinski definition) is 1. The van der Waals surface area contributed by atoms with Gasteiger partial charge in [0, 0.05) is 17.2 Å². The van der Waals surface area contributed by atoms with Gasteiger partial charge < -0.3 is 14.6 Å². The Morgan fingerprint density at radius 3 is 2.84 bits per heavy atom. The predicted molar refractivity (Wildman–Crippen MR) is 110 cm³/mol. The fraction of sp³-hybridized carbons (Fsp3) is 0.208. The number of fused-ring (bicyclic) bond motifs is 6. The number of carbonyl (C=O) groups is 1. The third-order valence-electron chi connectivity index (χ3n) is 5.05. The normalized spacial score (nSPS) is 13.0. The molecule has 0 unspecified atom stereocenters. The summed E-state index contributed by atoms with van der Waals surface area (Å²) in [7, 11) is 0. The van der Waals surface area contributed by atoms with Crippen molar-refractivity contribution in [1.29, 1.82) is 5.26 Å². The summed E-state index contributed by atoms with van der Waals surface area (Å²) in [6, 6.07) is 15.3. The van der Waals surface area contributed by atoms with Crippen LogP contribution in [0.4, 0.5) is 4.39 Å². The van der Waals surface area contributed by atoms with Crippen LogP contribution in [0.1, 0.15) is 28.7 Å². The molecular weight excluding hydrogens is 399 g/mol. The van der Waals surface area contributed by atoms with Gasteiger partial charge in [-0.1, -0.05) is 12.1 Å². The maximum atomic E-state index is 14.8. The highest BCUT2D eigenvalue weighted by Gasteiger charge is 2.17. The molecule has 0 saturated heterocycles. The molecule has 0 amide bonds. The average Bonchev–Trinajstić information content (AvgIpc) is 2.76. The molecule has 4 bridgehead atoms. The Kier molecular flexibility index (Phi) is 5.80. The average molecular weight is 418 g/mol. The number of aryl methyl sites for hydroxylation is 1. The van der Waals surface area contributed by atoms with E-state index in [0.29, 0.717) is 42.3 Å². The van der Waals surface area contributed by atoms with Crippen LogP contribution in [0.2, 0.25) is 0 Å². The number of hydrogen-bond acceptors (Lipinski definition) is 5. The van der Waals surface area contributed by atoms with Crippen molar-refractivity contribution in [2.24, 2.45) is 0 Å². The van der Waals surface area contributed by atoms with Gasteiger partial charge in [0.1, 0.15) is 18.2 Å². The van der Waals surface area contributed by atoms with Gasteiger partial charge in [-0.2, -0.15) is 5.26 Å². The van der Waals surface area contributed by atoms with Gasteiger partial charge in [0.2, 0.25) is 5.88 Å². The number of ether oxygens (including phenoxy) is 2. The zero-order valence-electron chi connectivity index (χ0n) is 16.6. The van der Waals surface area contributed by atoms with Crippen molar-refractivity contribution in [3.05, 3.63) is 76.6 Å². The number of carboxylic acid groups (broad SMARTS) is 1. The Morgan fingerprint density at radius 2 is 2.03 bits per heavy atom. The lowest BCUT2D eigenvalue weighted by Crippen LogP contribution is -2.09. The molecule has 2 aromatic carbocycles. The molecule has 2 heterocycles. The molecule has 3 aromatic rings. The first-order valence-corrected chi connectivity index (χ1v) is 9.82. The van der Waals surface area contributed by atoms with Crippen LogP contribution < -0.4 is 9.47 Å². The second-order valence-corrected chi connectivity index (χ2v) is 7.21. The maximum absolute atomic E-state index is 14.8. The van der Waals surface area contributed by atoms with E-state index in [9.17, 15) is 19.6 Å². The highest BCUT2D eigenvalue weighted by atomic mass is 19.1. The van der Waals surface area contributed by atoms with Gasteiger partial charge >= 0.3 is 5.97 Å². The second-order valence-electron chi connectivity index (χ2n) is 7.21. The number of pyridine rings is 1. The number of aromatic nitrogens is 1. The molecule has 31 heavy (non-hydrogen) atoms. The quantitative estimate of drug-likeness (QED) is 0.667. The number of nitriles is 1. The predicted octanol–water partition coefficient (Wildman–Crippen LogP) is 4.29. The van der Waals surface area contributed by atoms with Crippen molar-refractivity contribution in [3.63, 3.8) is 0 Å². The van der Waals surface area contributed by atoms with E-state index in [1.807, 2.05) is 12.1 Å². The molecular formula is C24H19FN2O4. The number of aliphatic carboxylic acids is 1. The van der Waals surface area contributed by atoms with Gasteiger partial charge in [0.25, 0.3) is 0 Å². The van der Waals surface area contributed by atoms with Crippen molar-refractivity contribution in [2.75, 3.05) is 6.61 Å². The van der Waals surface area contributed by atoms with E-state index >= 15 is 0 Å². The molecule has 0 radical (unpaired) electrons. The van der Waals surface area contributed by atoms with Crippen LogP contribution in [0.25, 0.3) is 11.3 Å². The molecule has 1 aromatic heterocycles. The summed E-state index contributed by atoms with van der Waals surface area (Å²) in [4.78, 5) is 15.6. The molecule has 0 saturated carbocycles. The molecule has 0 aliphatic carbocycles. The van der Waals surface area contributed by atoms with Crippen LogP contribution in [0.15, 0.2) is 48.5 Å². The Labute approximate surface area is 178 Å². The molecule has 1 aliphatic rings. The smallest absolute Gasteiger partial charge is 0.307 e. The highest BCUT2D eigenvalue weighted by Crippen LogP contribution is 2.31. The molecule has 0 spiro atoms. The number of rotatable bonds is 2. The monoisotopic (exact) mass is 418 g/mol. The van der Waals surface area contributed by atoms with E-state index < -0.39 is 11.8 Å². The topological polar surface area (TPSA) is 92.4 Å². The Hall–Kier alpha value is -3.92. The molecule has 0 fully saturated rings. The number of carboxylic acids is 1. The van der Waals surface area contributed by atoms with E-state index in [2.05, 4.69) is 11.1 Å². The fourth-order valence-corrected chi connectivity index (χ4v) is 3.54. The first-order chi connectivity index (χ1) is 15.0. The number of benzene rings is 2. The Morgan fingerprint density at radius 1 is 1.16 bits per heavy atom. The molecule has 156 valence electrons. The standard InChI is InChI=1S/C24H19FN2O4/c25-20-10-18(11-24(28)29)22-12-19(20)21-4-1-5-23(27-21)31-14-17-7-6-15(13-26)9-16(17)3-2-8-30-22/h1,4-7,9-10,12H,2-3,8,11,14H2,(H,28,29). The summed E-state index contributed by atoms with van der Waals surface area (Å²) in [5.41, 5.74) is 3.30. The summed E-state index contributed by atoms with van der Waals surface area (Å²) in [5.74, 6) is -0.996. The lowest BCUT2D eigenvalue weighted by Gasteiger charge is -2.16. The van der Waals surface area contributed by atoms with Gasteiger partial charge in [0.05, 0.1) is 30.4 Å². The zero-order valence-corrected chi connectivity index (χ0v) is 16.6. The summed E-state index contributed by atoms with van der Waals surface area (Å²) < 4.78 is 26.5. The minimum absolute atomic E-state index is 0.214. The van der Waals surface area contributed by atoms with Gasteiger partial charge in [-0.15, -0.1) is 0 Å². The maximum Gasteiger partial charge on any atom is 0.307 e. The SMILES string of the molecule is N#Cc1ccc2c(c1)CCCOc1cc(c(F)cc1CC(=O)O)-c1cccc(n1)OC2. The number of nitrogens with zero attached hydrogens (tertiary/aromatic N) is 2. The molecule has 7 heteroatoms. The van der Waals surface area contributed by atoms with E-state index in [1.165, 1.54) is 12.1 Å². The summed E-state index contributed by atoms with van der Waals surface area (Å²) in [6.45, 7) is 0.575. The van der Waals surface area contributed by atoms with Crippen LogP contribution in [-0.4, -0.2) is 22.7 Å². The molecule has 1 N–H and O–H groups in total. The largest absolute Gasteiger partial charge is 0.493 e. The highest BCUT2D eigenvalue weighted by molar-refractivity contribution is 5.73. The van der Waals surface area contributed by atoms with Crippen LogP contribution in [0, 0.1) is 17.1 Å². The van der Waals surface area contributed by atoms with Crippen LogP contribution >= 0.6 is 0 Å². The molecule has 1 aliphatic heterocycles. The van der Waals surface area contributed by atoms with E-state index in [-0.39, 0.29) is 24.2 Å². The van der Waals surface area contributed by atoms with Crippen molar-refractivity contribution >= 4 is 5.97 Å². The third kappa shape index (κ3) is 4.64. The van der Waals surface area contributed by atoms with Crippen LogP contribution in [-0.2, 0) is 24.2 Å². The van der Waals surface area contributed by atoms with Gasteiger partial charge in [-0.05, 0) is 54.3 Å². The van der Waals surface area contributed by atoms with Crippen molar-refractivity contribution in [2.45, 2.75) is 25.9 Å². The summed E-state index contributed by atoms with van der Waals surface area (Å²) >= 11 is 0. The van der Waals surface area contributed by atoms with Crippen molar-refractivity contribution in [3.8, 4) is 29.0 Å². The van der Waals surface area contributed by atoms with Crippen molar-refractivity contribution < 1.29 is 23.8 Å². The molecule has 0 atom stereocenters. The minimum Gasteiger partial charge on any atom is -0.493 e. The van der Waals surface area contributed by atoms with E-state index in [1.54, 1.807) is 24.3 Å². The van der Waals surface area contributed by atoms with Crippen LogP contribution in [0.3, 0.4) is 0 Å². The summed E-state index contributed by atoms with van der Waals surface area (Å²) in [6.07, 6.45) is 0.923. The molecule has 6 nitrogen and oxygen atoms in total. The Balaban J connectivity index is 1.76. The van der Waals surface area contributed by atoms with Gasteiger partial charge in [0.15, 0.2) is 0 Å². The zero-order chi connectivity index (χ0) is 21.8. The van der Waals surface area contributed by atoms with Crippen molar-refractivity contribution in [1.82, 2.24) is 4.98 Å². The second kappa shape index (κ2) is 8.84. The van der Waals surface area contributed by atoms with E-state index in [4.69, 9.17) is 9.47 Å². The van der Waals surface area contributed by atoms with E-state index in [0.717, 1.165) is 11.1 Å². The minimum atomic E-state index is -1.07. The number of halogens is 1. The lowest BCUT2D eigenvalue weighted by atomic mass is 10.0. The van der Waals surface area contributed by atoms with Crippen LogP contribution in [0.5, 0.6) is 11.6 Å². The first kappa shape index (κ1) is 20.4. The van der Waals surface area contributed by atoms with Gasteiger partial charge in [-0.25, -0.2) is 9.37 Å². The Bertz CT molecular complexity index is 1190. The third-order valence-corrected chi connectivity index (χ3v) is 5.05. The summed E-state index contributed by atoms with van der Waals surface area (Å²) in [5, 5.41) is 18.4. The molecule has 4 rings (SSSR count). The fourth-order valence-electron chi connectivity index (χ4n) is 3.54.